The first kappa shape index (κ1) is 16.4. The minimum atomic E-state index is -3.62. The monoisotopic (exact) mass is 341 g/mol. The van der Waals surface area contributed by atoms with Gasteiger partial charge >= 0.3 is 0 Å². The fourth-order valence-electron chi connectivity index (χ4n) is 2.51. The summed E-state index contributed by atoms with van der Waals surface area (Å²) >= 11 is 0. The first-order chi connectivity index (χ1) is 11.6. The minimum Gasteiger partial charge on any atom is -0.274 e. The van der Waals surface area contributed by atoms with Crippen molar-refractivity contribution in [3.63, 3.8) is 0 Å². The SMILES string of the molecule is Cn1cc(S(=O)(=O)NCCc2ccccc2)c(-c2ccccc2)n1. The van der Waals surface area contributed by atoms with E-state index in [9.17, 15) is 8.42 Å². The molecule has 0 saturated heterocycles. The maximum absolute atomic E-state index is 12.7. The van der Waals surface area contributed by atoms with Gasteiger partial charge in [-0.3, -0.25) is 4.68 Å². The van der Waals surface area contributed by atoms with Crippen molar-refractivity contribution in [1.29, 1.82) is 0 Å². The van der Waals surface area contributed by atoms with Gasteiger partial charge in [-0.15, -0.1) is 0 Å². The molecule has 0 aliphatic carbocycles. The molecule has 0 aliphatic rings. The van der Waals surface area contributed by atoms with E-state index < -0.39 is 10.0 Å². The van der Waals surface area contributed by atoms with Crippen LogP contribution in [0.3, 0.4) is 0 Å². The lowest BCUT2D eigenvalue weighted by molar-refractivity contribution is 0.581. The summed E-state index contributed by atoms with van der Waals surface area (Å²) in [7, 11) is -1.90. The van der Waals surface area contributed by atoms with Gasteiger partial charge < -0.3 is 0 Å². The number of hydrogen-bond acceptors (Lipinski definition) is 3. The molecule has 124 valence electrons. The van der Waals surface area contributed by atoms with E-state index in [1.165, 1.54) is 10.9 Å². The Morgan fingerprint density at radius 2 is 1.62 bits per heavy atom. The van der Waals surface area contributed by atoms with E-state index in [0.717, 1.165) is 11.1 Å². The fraction of sp³-hybridized carbons (Fsp3) is 0.167. The summed E-state index contributed by atoms with van der Waals surface area (Å²) in [5.41, 5.74) is 2.33. The third-order valence-electron chi connectivity index (χ3n) is 3.68. The Morgan fingerprint density at radius 1 is 1.00 bits per heavy atom. The molecular formula is C18H19N3O2S. The number of sulfonamides is 1. The van der Waals surface area contributed by atoms with Crippen LogP contribution in [0, 0.1) is 0 Å². The summed E-state index contributed by atoms with van der Waals surface area (Å²) in [5.74, 6) is 0. The van der Waals surface area contributed by atoms with Gasteiger partial charge in [-0.1, -0.05) is 60.7 Å². The van der Waals surface area contributed by atoms with Gasteiger partial charge in [-0.2, -0.15) is 5.10 Å². The molecule has 0 aliphatic heterocycles. The van der Waals surface area contributed by atoms with Gasteiger partial charge in [0.25, 0.3) is 0 Å². The number of hydrogen-bond donors (Lipinski definition) is 1. The quantitative estimate of drug-likeness (QED) is 0.749. The molecule has 0 spiro atoms. The summed E-state index contributed by atoms with van der Waals surface area (Å²) in [6.45, 7) is 0.343. The molecule has 0 fully saturated rings. The lowest BCUT2D eigenvalue weighted by Crippen LogP contribution is -2.26. The summed E-state index contributed by atoms with van der Waals surface area (Å²) in [6, 6.07) is 19.1. The normalized spacial score (nSPS) is 11.5. The highest BCUT2D eigenvalue weighted by Crippen LogP contribution is 2.25. The molecule has 5 nitrogen and oxygen atoms in total. The molecule has 0 radical (unpaired) electrons. The van der Waals surface area contributed by atoms with E-state index in [1.807, 2.05) is 60.7 Å². The third-order valence-corrected chi connectivity index (χ3v) is 5.14. The van der Waals surface area contributed by atoms with E-state index in [0.29, 0.717) is 18.7 Å². The first-order valence-electron chi connectivity index (χ1n) is 7.69. The number of nitrogens with zero attached hydrogens (tertiary/aromatic N) is 2. The number of aryl methyl sites for hydroxylation is 1. The second-order valence-corrected chi connectivity index (χ2v) is 7.25. The van der Waals surface area contributed by atoms with Gasteiger partial charge in [-0.25, -0.2) is 13.1 Å². The fourth-order valence-corrected chi connectivity index (χ4v) is 3.74. The first-order valence-corrected chi connectivity index (χ1v) is 9.17. The van der Waals surface area contributed by atoms with Crippen LogP contribution in [0.2, 0.25) is 0 Å². The Labute approximate surface area is 142 Å². The van der Waals surface area contributed by atoms with Gasteiger partial charge in [0.1, 0.15) is 10.6 Å². The van der Waals surface area contributed by atoms with Crippen LogP contribution in [0.25, 0.3) is 11.3 Å². The van der Waals surface area contributed by atoms with Crippen molar-refractivity contribution in [2.24, 2.45) is 7.05 Å². The molecule has 3 rings (SSSR count). The average molecular weight is 341 g/mol. The number of rotatable bonds is 6. The van der Waals surface area contributed by atoms with Crippen LogP contribution < -0.4 is 4.72 Å². The maximum Gasteiger partial charge on any atom is 0.244 e. The Bertz CT molecular complexity index is 904. The summed E-state index contributed by atoms with van der Waals surface area (Å²) < 4.78 is 29.5. The van der Waals surface area contributed by atoms with Gasteiger partial charge in [0.05, 0.1) is 0 Å². The number of aromatic nitrogens is 2. The Balaban J connectivity index is 1.80. The molecule has 0 bridgehead atoms. The van der Waals surface area contributed by atoms with E-state index >= 15 is 0 Å². The average Bonchev–Trinajstić information content (AvgIpc) is 2.99. The zero-order valence-electron chi connectivity index (χ0n) is 13.4. The Kier molecular flexibility index (Phi) is 4.78. The van der Waals surface area contributed by atoms with Crippen LogP contribution in [0.4, 0.5) is 0 Å². The molecule has 3 aromatic rings. The van der Waals surface area contributed by atoms with E-state index in [-0.39, 0.29) is 4.90 Å². The molecule has 0 atom stereocenters. The summed E-state index contributed by atoms with van der Waals surface area (Å²) in [5, 5.41) is 4.31. The van der Waals surface area contributed by atoms with Gasteiger partial charge in [0.2, 0.25) is 10.0 Å². The van der Waals surface area contributed by atoms with Crippen LogP contribution >= 0.6 is 0 Å². The van der Waals surface area contributed by atoms with Crippen LogP contribution in [-0.2, 0) is 23.5 Å². The predicted molar refractivity (Wildman–Crippen MR) is 94.0 cm³/mol. The standard InChI is InChI=1S/C18H19N3O2S/c1-21-14-17(18(20-21)16-10-6-3-7-11-16)24(22,23)19-13-12-15-8-4-2-5-9-15/h2-11,14,19H,12-13H2,1H3. The van der Waals surface area contributed by atoms with E-state index in [1.54, 1.807) is 7.05 Å². The zero-order valence-corrected chi connectivity index (χ0v) is 14.2. The van der Waals surface area contributed by atoms with Crippen molar-refractivity contribution < 1.29 is 8.42 Å². The molecule has 1 aromatic heterocycles. The largest absolute Gasteiger partial charge is 0.274 e. The zero-order chi connectivity index (χ0) is 17.0. The van der Waals surface area contributed by atoms with Crippen molar-refractivity contribution >= 4 is 10.0 Å². The molecule has 6 heteroatoms. The second kappa shape index (κ2) is 6.98. The van der Waals surface area contributed by atoms with Crippen molar-refractivity contribution in [1.82, 2.24) is 14.5 Å². The predicted octanol–water partition coefficient (Wildman–Crippen LogP) is 2.61. The highest BCUT2D eigenvalue weighted by molar-refractivity contribution is 7.89. The van der Waals surface area contributed by atoms with Gasteiger partial charge in [0.15, 0.2) is 0 Å². The minimum absolute atomic E-state index is 0.198. The maximum atomic E-state index is 12.7. The lowest BCUT2D eigenvalue weighted by atomic mass is 10.2. The number of benzene rings is 2. The Hall–Kier alpha value is -2.44. The van der Waals surface area contributed by atoms with Gasteiger partial charge in [0, 0.05) is 25.4 Å². The van der Waals surface area contributed by atoms with Gasteiger partial charge in [-0.05, 0) is 12.0 Å². The summed E-state index contributed by atoms with van der Waals surface area (Å²) in [6.07, 6.45) is 2.17. The molecular weight excluding hydrogens is 322 g/mol. The molecule has 0 saturated carbocycles. The van der Waals surface area contributed by atoms with Crippen LogP contribution in [0.5, 0.6) is 0 Å². The smallest absolute Gasteiger partial charge is 0.244 e. The van der Waals surface area contributed by atoms with Crippen LogP contribution in [0.15, 0.2) is 71.8 Å². The van der Waals surface area contributed by atoms with E-state index in [2.05, 4.69) is 9.82 Å². The number of nitrogens with one attached hydrogen (secondary N) is 1. The summed E-state index contributed by atoms with van der Waals surface area (Å²) in [4.78, 5) is 0.198. The van der Waals surface area contributed by atoms with Crippen molar-refractivity contribution in [3.8, 4) is 11.3 Å². The molecule has 2 aromatic carbocycles. The van der Waals surface area contributed by atoms with Crippen molar-refractivity contribution in [3.05, 3.63) is 72.4 Å². The van der Waals surface area contributed by atoms with Crippen molar-refractivity contribution in [2.45, 2.75) is 11.3 Å². The van der Waals surface area contributed by atoms with E-state index in [4.69, 9.17) is 0 Å². The Morgan fingerprint density at radius 3 is 2.29 bits per heavy atom. The molecule has 24 heavy (non-hydrogen) atoms. The highest BCUT2D eigenvalue weighted by Gasteiger charge is 2.22. The topological polar surface area (TPSA) is 64.0 Å². The van der Waals surface area contributed by atoms with Crippen LogP contribution in [0.1, 0.15) is 5.56 Å². The molecule has 0 unspecified atom stereocenters. The highest BCUT2D eigenvalue weighted by atomic mass is 32.2. The third kappa shape index (κ3) is 3.72. The van der Waals surface area contributed by atoms with Crippen LogP contribution in [-0.4, -0.2) is 24.7 Å². The molecule has 1 heterocycles. The van der Waals surface area contributed by atoms with Crippen molar-refractivity contribution in [2.75, 3.05) is 6.54 Å². The lowest BCUT2D eigenvalue weighted by Gasteiger charge is -2.07. The molecule has 0 amide bonds. The second-order valence-electron chi connectivity index (χ2n) is 5.52. The molecule has 1 N–H and O–H groups in total.